The van der Waals surface area contributed by atoms with Gasteiger partial charge in [-0.1, -0.05) is 0 Å². The van der Waals surface area contributed by atoms with Crippen LogP contribution in [0.15, 0.2) is 16.5 Å². The first-order valence-electron chi connectivity index (χ1n) is 7.58. The van der Waals surface area contributed by atoms with E-state index in [0.29, 0.717) is 16.2 Å². The maximum atomic E-state index is 12.6. The number of nitrogens with one attached hydrogen (secondary N) is 1. The van der Waals surface area contributed by atoms with Crippen molar-refractivity contribution in [2.24, 2.45) is 0 Å². The van der Waals surface area contributed by atoms with Gasteiger partial charge in [-0.15, -0.1) is 22.7 Å². The van der Waals surface area contributed by atoms with Gasteiger partial charge < -0.3 is 5.32 Å². The standard InChI is InChI=1S/C16H16N4O3S2/c1-8-10(3)25-14-13(8)15(23)20(7-17-14)5-4-12(22)19-16-18-11(6-24-16)9(2)21/h6-7H,4-5H2,1-3H3,(H,18,19,22). The number of hydrogen-bond donors (Lipinski definition) is 1. The second-order valence-corrected chi connectivity index (χ2v) is 7.66. The zero-order valence-electron chi connectivity index (χ0n) is 14.0. The molecule has 0 fully saturated rings. The van der Waals surface area contributed by atoms with E-state index in [2.05, 4.69) is 15.3 Å². The number of nitrogens with zero attached hydrogens (tertiary/aromatic N) is 3. The number of anilines is 1. The monoisotopic (exact) mass is 376 g/mol. The zero-order chi connectivity index (χ0) is 18.1. The Morgan fingerprint density at radius 3 is 2.76 bits per heavy atom. The molecule has 0 aliphatic rings. The summed E-state index contributed by atoms with van der Waals surface area (Å²) in [6.45, 7) is 5.52. The molecule has 0 saturated heterocycles. The van der Waals surface area contributed by atoms with Gasteiger partial charge in [-0.2, -0.15) is 0 Å². The summed E-state index contributed by atoms with van der Waals surface area (Å²) in [6.07, 6.45) is 1.59. The third kappa shape index (κ3) is 3.52. The van der Waals surface area contributed by atoms with Gasteiger partial charge in [-0.3, -0.25) is 19.0 Å². The molecule has 1 amide bonds. The molecule has 0 radical (unpaired) electrons. The molecule has 130 valence electrons. The Morgan fingerprint density at radius 2 is 2.08 bits per heavy atom. The Balaban J connectivity index is 1.70. The molecule has 0 spiro atoms. The number of fused-ring (bicyclic) bond motifs is 1. The van der Waals surface area contributed by atoms with Crippen LogP contribution < -0.4 is 10.9 Å². The number of aryl methyl sites for hydroxylation is 3. The molecule has 0 unspecified atom stereocenters. The number of amides is 1. The average molecular weight is 376 g/mol. The molecule has 0 aliphatic carbocycles. The predicted molar refractivity (Wildman–Crippen MR) is 98.7 cm³/mol. The van der Waals surface area contributed by atoms with Crippen LogP contribution >= 0.6 is 22.7 Å². The number of carbonyl (C=O) groups is 2. The van der Waals surface area contributed by atoms with Crippen molar-refractivity contribution in [3.05, 3.63) is 38.2 Å². The highest BCUT2D eigenvalue weighted by atomic mass is 32.1. The fraction of sp³-hybridized carbons (Fsp3) is 0.312. The van der Waals surface area contributed by atoms with E-state index in [1.54, 1.807) is 5.38 Å². The minimum Gasteiger partial charge on any atom is -0.302 e. The first-order chi connectivity index (χ1) is 11.9. The maximum absolute atomic E-state index is 12.6. The summed E-state index contributed by atoms with van der Waals surface area (Å²) in [4.78, 5) is 46.0. The number of carbonyl (C=O) groups excluding carboxylic acids is 2. The third-order valence-electron chi connectivity index (χ3n) is 3.85. The minimum absolute atomic E-state index is 0.115. The van der Waals surface area contributed by atoms with Crippen LogP contribution in [0.5, 0.6) is 0 Å². The van der Waals surface area contributed by atoms with Crippen LogP contribution in [0, 0.1) is 13.8 Å². The lowest BCUT2D eigenvalue weighted by atomic mass is 10.2. The number of aromatic nitrogens is 3. The molecule has 9 heteroatoms. The second-order valence-electron chi connectivity index (χ2n) is 5.60. The number of rotatable bonds is 5. The van der Waals surface area contributed by atoms with Crippen molar-refractivity contribution < 1.29 is 9.59 Å². The third-order valence-corrected chi connectivity index (χ3v) is 5.72. The van der Waals surface area contributed by atoms with E-state index in [-0.39, 0.29) is 30.2 Å². The van der Waals surface area contributed by atoms with Gasteiger partial charge in [0, 0.05) is 30.1 Å². The SMILES string of the molecule is CC(=O)c1csc(NC(=O)CCn2cnc3sc(C)c(C)c3c2=O)n1. The highest BCUT2D eigenvalue weighted by Gasteiger charge is 2.13. The minimum atomic E-state index is -0.269. The van der Waals surface area contributed by atoms with Gasteiger partial charge in [-0.25, -0.2) is 9.97 Å². The first kappa shape index (κ1) is 17.4. The fourth-order valence-corrected chi connectivity index (χ4v) is 4.08. The van der Waals surface area contributed by atoms with E-state index in [1.165, 1.54) is 40.5 Å². The smallest absolute Gasteiger partial charge is 0.262 e. The highest BCUT2D eigenvalue weighted by molar-refractivity contribution is 7.18. The quantitative estimate of drug-likeness (QED) is 0.691. The average Bonchev–Trinajstić information content (AvgIpc) is 3.13. The van der Waals surface area contributed by atoms with E-state index in [9.17, 15) is 14.4 Å². The lowest BCUT2D eigenvalue weighted by Crippen LogP contribution is -2.23. The summed E-state index contributed by atoms with van der Waals surface area (Å²) in [7, 11) is 0. The topological polar surface area (TPSA) is 94.0 Å². The van der Waals surface area contributed by atoms with Crippen LogP contribution in [0.3, 0.4) is 0 Å². The molecule has 0 saturated carbocycles. The molecule has 0 bridgehead atoms. The number of ketones is 1. The Labute approximate surface area is 151 Å². The molecule has 25 heavy (non-hydrogen) atoms. The van der Waals surface area contributed by atoms with Gasteiger partial charge in [0.05, 0.1) is 11.7 Å². The predicted octanol–water partition coefficient (Wildman–Crippen LogP) is 2.76. The Morgan fingerprint density at radius 1 is 1.32 bits per heavy atom. The van der Waals surface area contributed by atoms with Crippen molar-refractivity contribution in [2.45, 2.75) is 33.7 Å². The summed E-state index contributed by atoms with van der Waals surface area (Å²) in [5, 5.41) is 5.24. The number of thiazole rings is 1. The normalized spacial score (nSPS) is 11.0. The van der Waals surface area contributed by atoms with Gasteiger partial charge >= 0.3 is 0 Å². The molecular formula is C16H16N4O3S2. The van der Waals surface area contributed by atoms with Gasteiger partial charge in [0.15, 0.2) is 10.9 Å². The van der Waals surface area contributed by atoms with Crippen LogP contribution in [0.4, 0.5) is 5.13 Å². The van der Waals surface area contributed by atoms with E-state index in [1.807, 2.05) is 13.8 Å². The highest BCUT2D eigenvalue weighted by Crippen LogP contribution is 2.25. The van der Waals surface area contributed by atoms with E-state index >= 15 is 0 Å². The van der Waals surface area contributed by atoms with Gasteiger partial charge in [-0.05, 0) is 19.4 Å². The van der Waals surface area contributed by atoms with Crippen LogP contribution in [-0.4, -0.2) is 26.2 Å². The number of hydrogen-bond acceptors (Lipinski definition) is 7. The summed E-state index contributed by atoms with van der Waals surface area (Å²) in [5.74, 6) is -0.418. The molecule has 3 rings (SSSR count). The van der Waals surface area contributed by atoms with Crippen LogP contribution in [0.25, 0.3) is 10.2 Å². The molecular weight excluding hydrogens is 360 g/mol. The Kier molecular flexibility index (Phi) is 4.78. The molecule has 0 aromatic carbocycles. The van der Waals surface area contributed by atoms with Crippen LogP contribution in [0.2, 0.25) is 0 Å². The van der Waals surface area contributed by atoms with E-state index in [4.69, 9.17) is 0 Å². The van der Waals surface area contributed by atoms with Crippen molar-refractivity contribution in [1.29, 1.82) is 0 Å². The van der Waals surface area contributed by atoms with Gasteiger partial charge in [0.2, 0.25) is 5.91 Å². The molecule has 3 heterocycles. The Hall–Kier alpha value is -2.39. The molecule has 3 aromatic heterocycles. The molecule has 0 aliphatic heterocycles. The summed E-state index contributed by atoms with van der Waals surface area (Å²) < 4.78 is 1.45. The lowest BCUT2D eigenvalue weighted by Gasteiger charge is -2.05. The second kappa shape index (κ2) is 6.85. The number of thiophene rings is 1. The maximum Gasteiger partial charge on any atom is 0.262 e. The van der Waals surface area contributed by atoms with Gasteiger partial charge in [0.1, 0.15) is 10.5 Å². The molecule has 3 aromatic rings. The number of Topliss-reactive ketones (excluding diaryl/α,β-unsaturated/α-hetero) is 1. The molecule has 0 atom stereocenters. The summed E-state index contributed by atoms with van der Waals surface area (Å²) in [5.41, 5.74) is 1.14. The van der Waals surface area contributed by atoms with Crippen molar-refractivity contribution >= 4 is 49.7 Å². The summed E-state index contributed by atoms with van der Waals surface area (Å²) >= 11 is 2.69. The fourth-order valence-electron chi connectivity index (χ4n) is 2.33. The summed E-state index contributed by atoms with van der Waals surface area (Å²) in [6, 6.07) is 0. The van der Waals surface area contributed by atoms with E-state index in [0.717, 1.165) is 15.3 Å². The van der Waals surface area contributed by atoms with E-state index < -0.39 is 0 Å². The van der Waals surface area contributed by atoms with Crippen molar-refractivity contribution in [3.63, 3.8) is 0 Å². The molecule has 7 nitrogen and oxygen atoms in total. The van der Waals surface area contributed by atoms with Crippen LogP contribution in [-0.2, 0) is 11.3 Å². The van der Waals surface area contributed by atoms with Crippen molar-refractivity contribution in [2.75, 3.05) is 5.32 Å². The van der Waals surface area contributed by atoms with Gasteiger partial charge in [0.25, 0.3) is 5.56 Å². The first-order valence-corrected chi connectivity index (χ1v) is 9.28. The molecule has 1 N–H and O–H groups in total. The van der Waals surface area contributed by atoms with Crippen molar-refractivity contribution in [3.8, 4) is 0 Å². The zero-order valence-corrected chi connectivity index (χ0v) is 15.6. The largest absolute Gasteiger partial charge is 0.302 e. The lowest BCUT2D eigenvalue weighted by molar-refractivity contribution is -0.116. The Bertz CT molecular complexity index is 1030. The van der Waals surface area contributed by atoms with Crippen LogP contribution in [0.1, 0.15) is 34.3 Å². The van der Waals surface area contributed by atoms with Crippen molar-refractivity contribution in [1.82, 2.24) is 14.5 Å².